The minimum Gasteiger partial charge on any atom is -0.362 e. The number of rotatable bonds is 6. The summed E-state index contributed by atoms with van der Waals surface area (Å²) in [6.45, 7) is 3.15. The third-order valence-electron chi connectivity index (χ3n) is 4.83. The Morgan fingerprint density at radius 2 is 1.66 bits per heavy atom. The largest absolute Gasteiger partial charge is 0.362 e. The number of hydrogen-bond acceptors (Lipinski definition) is 4. The molecule has 2 aromatic carbocycles. The van der Waals surface area contributed by atoms with Gasteiger partial charge in [0.25, 0.3) is 11.8 Å². The smallest absolute Gasteiger partial charge is 0.282 e. The Morgan fingerprint density at radius 1 is 0.931 bits per heavy atom. The van der Waals surface area contributed by atoms with Crippen molar-refractivity contribution in [3.05, 3.63) is 93.3 Å². The zero-order chi connectivity index (χ0) is 20.4. The Morgan fingerprint density at radius 3 is 2.28 bits per heavy atom. The topological polar surface area (TPSA) is 40.6 Å². The molecule has 0 N–H and O–H groups in total. The molecule has 0 saturated carbocycles. The third-order valence-corrected chi connectivity index (χ3v) is 5.97. The number of likely N-dealkylation sites (N-methyl/N-ethyl adjacent to an activating group) is 1. The zero-order valence-electron chi connectivity index (χ0n) is 15.8. The Hall–Kier alpha value is -2.89. The van der Waals surface area contributed by atoms with E-state index in [9.17, 15) is 9.59 Å². The van der Waals surface area contributed by atoms with Crippen LogP contribution in [0.15, 0.2) is 77.8 Å². The number of nitrogens with zero attached hydrogens (tertiary/aromatic N) is 2. The van der Waals surface area contributed by atoms with Gasteiger partial charge in [0.2, 0.25) is 0 Å². The monoisotopic (exact) mass is 422 g/mol. The average Bonchev–Trinajstić information content (AvgIpc) is 3.34. The van der Waals surface area contributed by atoms with Gasteiger partial charge in [-0.2, -0.15) is 0 Å². The fourth-order valence-electron chi connectivity index (χ4n) is 3.43. The van der Waals surface area contributed by atoms with Gasteiger partial charge in [0.1, 0.15) is 5.70 Å². The van der Waals surface area contributed by atoms with Gasteiger partial charge in [-0.25, -0.2) is 4.90 Å². The van der Waals surface area contributed by atoms with E-state index in [-0.39, 0.29) is 11.8 Å². The van der Waals surface area contributed by atoms with Crippen LogP contribution < -0.4 is 4.90 Å². The van der Waals surface area contributed by atoms with Crippen LogP contribution in [0.3, 0.4) is 0 Å². The summed E-state index contributed by atoms with van der Waals surface area (Å²) >= 11 is 7.45. The van der Waals surface area contributed by atoms with Gasteiger partial charge in [0, 0.05) is 23.0 Å². The number of amides is 2. The molecule has 2 amide bonds. The molecule has 0 radical (unpaired) electrons. The number of halogens is 1. The van der Waals surface area contributed by atoms with Gasteiger partial charge >= 0.3 is 0 Å². The summed E-state index contributed by atoms with van der Waals surface area (Å²) in [5, 5.41) is 2.47. The van der Waals surface area contributed by atoms with Crippen LogP contribution >= 0.6 is 22.9 Å². The molecule has 29 heavy (non-hydrogen) atoms. The highest BCUT2D eigenvalue weighted by Gasteiger charge is 2.42. The normalized spacial score (nSPS) is 14.1. The average molecular weight is 423 g/mol. The van der Waals surface area contributed by atoms with E-state index < -0.39 is 0 Å². The van der Waals surface area contributed by atoms with Crippen molar-refractivity contribution in [2.45, 2.75) is 13.5 Å². The molecule has 1 aromatic heterocycles. The predicted molar refractivity (Wildman–Crippen MR) is 118 cm³/mol. The van der Waals surface area contributed by atoms with E-state index in [0.29, 0.717) is 35.1 Å². The van der Waals surface area contributed by atoms with Crippen molar-refractivity contribution in [2.75, 3.05) is 11.4 Å². The molecule has 0 saturated heterocycles. The van der Waals surface area contributed by atoms with Gasteiger partial charge in [-0.1, -0.05) is 48.0 Å². The summed E-state index contributed by atoms with van der Waals surface area (Å²) in [5.41, 5.74) is 2.50. The fourth-order valence-corrected chi connectivity index (χ4v) is 4.32. The van der Waals surface area contributed by atoms with E-state index in [1.165, 1.54) is 16.2 Å². The van der Waals surface area contributed by atoms with Gasteiger partial charge in [-0.05, 0) is 48.2 Å². The summed E-state index contributed by atoms with van der Waals surface area (Å²) in [6, 6.07) is 20.5. The van der Waals surface area contributed by atoms with E-state index in [0.717, 1.165) is 10.4 Å². The molecular formula is C23H19ClN2O2S. The molecule has 0 aliphatic carbocycles. The first-order valence-corrected chi connectivity index (χ1v) is 10.6. The molecule has 4 rings (SSSR count). The Labute approximate surface area is 178 Å². The van der Waals surface area contributed by atoms with Crippen LogP contribution in [0.2, 0.25) is 5.02 Å². The number of carbonyl (C=O) groups is 2. The quantitative estimate of drug-likeness (QED) is 0.512. The second kappa shape index (κ2) is 8.23. The Balaban J connectivity index is 1.79. The maximum Gasteiger partial charge on any atom is 0.282 e. The Kier molecular flexibility index (Phi) is 5.51. The van der Waals surface area contributed by atoms with Gasteiger partial charge in [-0.3, -0.25) is 9.59 Å². The van der Waals surface area contributed by atoms with E-state index in [1.54, 1.807) is 24.3 Å². The van der Waals surface area contributed by atoms with Crippen molar-refractivity contribution >= 4 is 46.0 Å². The number of imide groups is 1. The van der Waals surface area contributed by atoms with Gasteiger partial charge in [-0.15, -0.1) is 11.3 Å². The lowest BCUT2D eigenvalue weighted by molar-refractivity contribution is -0.120. The number of benzene rings is 2. The maximum absolute atomic E-state index is 13.5. The second-order valence-electron chi connectivity index (χ2n) is 6.62. The van der Waals surface area contributed by atoms with Crippen LogP contribution in [-0.2, 0) is 16.1 Å². The molecule has 3 aromatic rings. The molecule has 0 atom stereocenters. The van der Waals surface area contributed by atoms with E-state index in [4.69, 9.17) is 11.6 Å². The second-order valence-corrected chi connectivity index (χ2v) is 8.01. The third kappa shape index (κ3) is 3.71. The van der Waals surface area contributed by atoms with Crippen molar-refractivity contribution in [3.63, 3.8) is 0 Å². The molecule has 6 heteroatoms. The van der Waals surface area contributed by atoms with Crippen LogP contribution in [0.25, 0.3) is 5.57 Å². The standard InChI is InChI=1S/C23H19ClN2O2S/c1-2-25(15-16-7-4-3-5-8-16)21-20(19-9-6-14-29-19)22(27)26(23(21)28)18-12-10-17(24)11-13-18/h3-14H,2,15H2,1H3. The molecule has 0 unspecified atom stereocenters. The van der Waals surface area contributed by atoms with Crippen LogP contribution in [0, 0.1) is 0 Å². The van der Waals surface area contributed by atoms with Crippen LogP contribution in [-0.4, -0.2) is 23.3 Å². The highest BCUT2D eigenvalue weighted by Crippen LogP contribution is 2.37. The summed E-state index contributed by atoms with van der Waals surface area (Å²) in [4.78, 5) is 30.9. The first-order chi connectivity index (χ1) is 14.1. The summed E-state index contributed by atoms with van der Waals surface area (Å²) in [6.07, 6.45) is 0. The van der Waals surface area contributed by atoms with Crippen molar-refractivity contribution < 1.29 is 9.59 Å². The molecule has 0 fully saturated rings. The zero-order valence-corrected chi connectivity index (χ0v) is 17.4. The first-order valence-electron chi connectivity index (χ1n) is 9.31. The number of hydrogen-bond donors (Lipinski definition) is 0. The molecular weight excluding hydrogens is 404 g/mol. The molecule has 2 heterocycles. The van der Waals surface area contributed by atoms with Crippen molar-refractivity contribution in [1.82, 2.24) is 4.90 Å². The summed E-state index contributed by atoms with van der Waals surface area (Å²) in [5.74, 6) is -0.611. The first kappa shape index (κ1) is 19.4. The van der Waals surface area contributed by atoms with Crippen molar-refractivity contribution in [1.29, 1.82) is 0 Å². The number of carbonyl (C=O) groups excluding carboxylic acids is 2. The molecule has 0 spiro atoms. The van der Waals surface area contributed by atoms with Crippen LogP contribution in [0.4, 0.5) is 5.69 Å². The van der Waals surface area contributed by atoms with Gasteiger partial charge in [0.05, 0.1) is 11.3 Å². The number of anilines is 1. The minimum atomic E-state index is -0.307. The van der Waals surface area contributed by atoms with E-state index in [2.05, 4.69) is 0 Å². The molecule has 0 bridgehead atoms. The van der Waals surface area contributed by atoms with Gasteiger partial charge in [0.15, 0.2) is 0 Å². The molecule has 1 aliphatic heterocycles. The molecule has 1 aliphatic rings. The lowest BCUT2D eigenvalue weighted by Crippen LogP contribution is -2.35. The summed E-state index contributed by atoms with van der Waals surface area (Å²) in [7, 11) is 0. The van der Waals surface area contributed by atoms with E-state index in [1.807, 2.05) is 59.7 Å². The maximum atomic E-state index is 13.5. The fraction of sp³-hybridized carbons (Fsp3) is 0.130. The highest BCUT2D eigenvalue weighted by atomic mass is 35.5. The van der Waals surface area contributed by atoms with E-state index >= 15 is 0 Å². The van der Waals surface area contributed by atoms with Gasteiger partial charge < -0.3 is 4.90 Å². The highest BCUT2D eigenvalue weighted by molar-refractivity contribution is 7.11. The lowest BCUT2D eigenvalue weighted by Gasteiger charge is -2.24. The number of thiophene rings is 1. The van der Waals surface area contributed by atoms with Crippen molar-refractivity contribution in [3.8, 4) is 0 Å². The Bertz CT molecular complexity index is 1060. The lowest BCUT2D eigenvalue weighted by atomic mass is 10.1. The summed E-state index contributed by atoms with van der Waals surface area (Å²) < 4.78 is 0. The predicted octanol–water partition coefficient (Wildman–Crippen LogP) is 5.21. The van der Waals surface area contributed by atoms with Crippen LogP contribution in [0.1, 0.15) is 17.4 Å². The SMILES string of the molecule is CCN(Cc1ccccc1)C1=C(c2cccs2)C(=O)N(c2ccc(Cl)cc2)C1=O. The van der Waals surface area contributed by atoms with Crippen LogP contribution in [0.5, 0.6) is 0 Å². The molecule has 146 valence electrons. The minimum absolute atomic E-state index is 0.304. The molecule has 4 nitrogen and oxygen atoms in total. The van der Waals surface area contributed by atoms with Crippen molar-refractivity contribution in [2.24, 2.45) is 0 Å².